The van der Waals surface area contributed by atoms with Gasteiger partial charge in [-0.2, -0.15) is 0 Å². The molecule has 5 rings (SSSR count). The first-order chi connectivity index (χ1) is 32.4. The molecule has 0 amide bonds. The molecule has 0 bridgehead atoms. The third-order valence-corrected chi connectivity index (χ3v) is 10.7. The summed E-state index contributed by atoms with van der Waals surface area (Å²) in [5, 5.41) is 18.2. The van der Waals surface area contributed by atoms with Gasteiger partial charge in [-0.05, 0) is 150 Å². The Morgan fingerprint density at radius 2 is 0.926 bits per heavy atom. The van der Waals surface area contributed by atoms with E-state index in [1.54, 1.807) is 21.3 Å². The number of methoxy groups -OCH3 is 3. The van der Waals surface area contributed by atoms with Crippen molar-refractivity contribution in [1.82, 2.24) is 0 Å². The Bertz CT molecular complexity index is 2000. The molecule has 0 aliphatic carbocycles. The first kappa shape index (κ1) is 60.8. The Balaban J connectivity index is 0.000000425. The molecule has 5 aromatic carbocycles. The quantitative estimate of drug-likeness (QED) is 0.0791. The van der Waals surface area contributed by atoms with Crippen molar-refractivity contribution in [2.24, 2.45) is 0 Å². The maximum absolute atomic E-state index is 9.24. The van der Waals surface area contributed by atoms with E-state index in [1.807, 2.05) is 68.4 Å². The van der Waals surface area contributed by atoms with Crippen LogP contribution in [0, 0.1) is 0 Å². The topological polar surface area (TPSA) is 95.8 Å². The number of benzene rings is 5. The molecule has 8 nitrogen and oxygen atoms in total. The molecule has 2 N–H and O–H groups in total. The van der Waals surface area contributed by atoms with E-state index >= 15 is 0 Å². The second kappa shape index (κ2) is 34.2. The summed E-state index contributed by atoms with van der Waals surface area (Å²) in [6.07, 6.45) is 3.63. The largest absolute Gasteiger partial charge is 0.497 e. The van der Waals surface area contributed by atoms with Crippen LogP contribution in [0.1, 0.15) is 185 Å². The summed E-state index contributed by atoms with van der Waals surface area (Å²) in [5.41, 5.74) is 8.07. The average Bonchev–Trinajstić information content (AvgIpc) is 3.33. The molecule has 0 atom stereocenters. The summed E-state index contributed by atoms with van der Waals surface area (Å²) >= 11 is 0. The molecule has 8 heteroatoms. The molecule has 68 heavy (non-hydrogen) atoms. The maximum Gasteiger partial charge on any atom is 0.166 e. The fraction of sp³-hybridized carbons (Fsp3) is 0.500. The predicted octanol–water partition coefficient (Wildman–Crippen LogP) is 15.8. The van der Waals surface area contributed by atoms with Gasteiger partial charge >= 0.3 is 0 Å². The molecule has 0 fully saturated rings. The lowest BCUT2D eigenvalue weighted by Crippen LogP contribution is -2.05. The van der Waals surface area contributed by atoms with Crippen molar-refractivity contribution in [3.8, 4) is 34.5 Å². The van der Waals surface area contributed by atoms with Gasteiger partial charge in [0.1, 0.15) is 23.0 Å². The van der Waals surface area contributed by atoms with Crippen LogP contribution >= 0.6 is 0 Å². The minimum atomic E-state index is -0.0416. The molecule has 378 valence electrons. The SMILES string of the molecule is CC(C)Oc1cccc(C(C)C)c1.CCCCOc1ccc(C(C)C)cc1.CCCOc1ccc(C(C)C)cc1.COc1cc(C(C)C)cc(CO)c1OC.COc1cc(CO)cc(C(C)C)c1. The van der Waals surface area contributed by atoms with Crippen molar-refractivity contribution < 1.29 is 38.6 Å². The van der Waals surface area contributed by atoms with Crippen LogP contribution in [0.15, 0.2) is 103 Å². The lowest BCUT2D eigenvalue weighted by molar-refractivity contribution is 0.242. The van der Waals surface area contributed by atoms with Crippen LogP contribution < -0.4 is 28.4 Å². The van der Waals surface area contributed by atoms with Gasteiger partial charge in [0.05, 0.1) is 53.9 Å². The van der Waals surface area contributed by atoms with Gasteiger partial charge in [0, 0.05) is 5.56 Å². The number of rotatable bonds is 19. The standard InChI is InChI=1S/C13H20O.C12H18O3.2C12H18O.C11H16O2/c1-4-5-10-14-13-8-6-12(7-9-13)11(2)3;1-8(2)9-5-10(7-13)12(15-4)11(6-9)14-3;1-9(2)11-6-5-7-12(8-11)13-10(3)4;1-4-9-13-12-7-5-11(6-8-12)10(2)3;1-8(2)10-4-9(7-12)5-11(6-10)13-3/h6-9,11H,4-5,10H2,1-3H3;5-6,8,13H,7H2,1-4H3;5-10H,1-4H3;5-8,10H,4,9H2,1-3H3;4-6,8,12H,7H2,1-3H3. The summed E-state index contributed by atoms with van der Waals surface area (Å²) < 4.78 is 32.3. The van der Waals surface area contributed by atoms with Crippen LogP contribution in [0.3, 0.4) is 0 Å². The maximum atomic E-state index is 9.24. The molecular formula is C60H90O8. The fourth-order valence-corrected chi connectivity index (χ4v) is 6.42. The Hall–Kier alpha value is -5.18. The summed E-state index contributed by atoms with van der Waals surface area (Å²) in [4.78, 5) is 0. The van der Waals surface area contributed by atoms with Crippen LogP contribution in [0.2, 0.25) is 0 Å². The molecule has 0 unspecified atom stereocenters. The second-order valence-electron chi connectivity index (χ2n) is 18.5. The lowest BCUT2D eigenvalue weighted by Gasteiger charge is -2.15. The highest BCUT2D eigenvalue weighted by Gasteiger charge is 2.13. The minimum absolute atomic E-state index is 0.0416. The van der Waals surface area contributed by atoms with E-state index in [0.717, 1.165) is 65.7 Å². The zero-order chi connectivity index (χ0) is 51.2. The summed E-state index contributed by atoms with van der Waals surface area (Å²) in [7, 11) is 4.82. The second-order valence-corrected chi connectivity index (χ2v) is 18.5. The molecule has 0 aromatic heterocycles. The van der Waals surface area contributed by atoms with Crippen LogP contribution in [0.5, 0.6) is 34.5 Å². The van der Waals surface area contributed by atoms with E-state index in [1.165, 1.54) is 28.7 Å². The molecule has 0 saturated heterocycles. The normalized spacial score (nSPS) is 10.6. The van der Waals surface area contributed by atoms with E-state index in [0.29, 0.717) is 41.1 Å². The van der Waals surface area contributed by atoms with Gasteiger partial charge in [0.2, 0.25) is 0 Å². The van der Waals surface area contributed by atoms with Crippen molar-refractivity contribution in [1.29, 1.82) is 0 Å². The zero-order valence-corrected chi connectivity index (χ0v) is 45.1. The molecule has 0 saturated carbocycles. The van der Waals surface area contributed by atoms with Crippen molar-refractivity contribution >= 4 is 0 Å². The zero-order valence-electron chi connectivity index (χ0n) is 45.1. The summed E-state index contributed by atoms with van der Waals surface area (Å²) in [6, 6.07) is 34.8. The van der Waals surface area contributed by atoms with Gasteiger partial charge in [-0.25, -0.2) is 0 Å². The van der Waals surface area contributed by atoms with Crippen molar-refractivity contribution in [2.75, 3.05) is 34.5 Å². The van der Waals surface area contributed by atoms with Crippen molar-refractivity contribution in [2.45, 2.75) is 165 Å². The average molecular weight is 939 g/mol. The van der Waals surface area contributed by atoms with Gasteiger partial charge in [-0.15, -0.1) is 0 Å². The fourth-order valence-electron chi connectivity index (χ4n) is 6.42. The summed E-state index contributed by atoms with van der Waals surface area (Å²) in [5.74, 6) is 7.66. The first-order valence-corrected chi connectivity index (χ1v) is 24.7. The number of hydrogen-bond donors (Lipinski definition) is 2. The minimum Gasteiger partial charge on any atom is -0.497 e. The molecule has 0 spiro atoms. The third-order valence-electron chi connectivity index (χ3n) is 10.7. The predicted molar refractivity (Wildman–Crippen MR) is 286 cm³/mol. The van der Waals surface area contributed by atoms with E-state index in [2.05, 4.69) is 132 Å². The monoisotopic (exact) mass is 939 g/mol. The molecule has 0 heterocycles. The van der Waals surface area contributed by atoms with Crippen LogP contribution in [0.25, 0.3) is 0 Å². The van der Waals surface area contributed by atoms with Crippen molar-refractivity contribution in [3.05, 3.63) is 142 Å². The first-order valence-electron chi connectivity index (χ1n) is 24.7. The van der Waals surface area contributed by atoms with E-state index < -0.39 is 0 Å². The molecule has 5 aromatic rings. The number of unbranched alkanes of at least 4 members (excludes halogenated alkanes) is 1. The number of hydrogen-bond acceptors (Lipinski definition) is 8. The van der Waals surface area contributed by atoms with Gasteiger partial charge in [-0.3, -0.25) is 0 Å². The van der Waals surface area contributed by atoms with E-state index in [9.17, 15) is 5.11 Å². The van der Waals surface area contributed by atoms with Gasteiger partial charge in [-0.1, -0.05) is 132 Å². The van der Waals surface area contributed by atoms with Crippen molar-refractivity contribution in [3.63, 3.8) is 0 Å². The highest BCUT2D eigenvalue weighted by atomic mass is 16.5. The van der Waals surface area contributed by atoms with Gasteiger partial charge in [0.15, 0.2) is 11.5 Å². The van der Waals surface area contributed by atoms with E-state index in [-0.39, 0.29) is 19.3 Å². The Kier molecular flexibility index (Phi) is 30.6. The molecule has 0 aliphatic rings. The van der Waals surface area contributed by atoms with E-state index in [4.69, 9.17) is 33.5 Å². The third kappa shape index (κ3) is 23.7. The van der Waals surface area contributed by atoms with Crippen LogP contribution in [0.4, 0.5) is 0 Å². The highest BCUT2D eigenvalue weighted by Crippen LogP contribution is 2.35. The Labute approximate surface area is 413 Å². The smallest absolute Gasteiger partial charge is 0.166 e. The lowest BCUT2D eigenvalue weighted by atomic mass is 10.00. The highest BCUT2D eigenvalue weighted by molar-refractivity contribution is 5.50. The number of ether oxygens (including phenoxy) is 6. The number of aliphatic hydroxyl groups excluding tert-OH is 2. The van der Waals surface area contributed by atoms with Crippen LogP contribution in [-0.2, 0) is 13.2 Å². The molecular weight excluding hydrogens is 849 g/mol. The Morgan fingerprint density at radius 1 is 0.426 bits per heavy atom. The number of aliphatic hydroxyl groups is 2. The molecule has 0 radical (unpaired) electrons. The van der Waals surface area contributed by atoms with Gasteiger partial charge in [0.25, 0.3) is 0 Å². The van der Waals surface area contributed by atoms with Crippen LogP contribution in [-0.4, -0.2) is 50.9 Å². The molecule has 0 aliphatic heterocycles. The Morgan fingerprint density at radius 3 is 1.34 bits per heavy atom. The summed E-state index contributed by atoms with van der Waals surface area (Å²) in [6.45, 7) is 31.6. The van der Waals surface area contributed by atoms with Gasteiger partial charge < -0.3 is 38.6 Å².